The molecule has 0 amide bonds. The summed E-state index contributed by atoms with van der Waals surface area (Å²) in [5.74, 6) is 5.06. The van der Waals surface area contributed by atoms with Crippen molar-refractivity contribution >= 4 is 5.97 Å². The van der Waals surface area contributed by atoms with E-state index >= 15 is 0 Å². The van der Waals surface area contributed by atoms with Crippen LogP contribution in [0.5, 0.6) is 0 Å². The molecule has 0 aromatic carbocycles. The topological polar surface area (TPSA) is 26.3 Å². The van der Waals surface area contributed by atoms with E-state index in [2.05, 4.69) is 13.8 Å². The van der Waals surface area contributed by atoms with Crippen molar-refractivity contribution in [1.29, 1.82) is 0 Å². The van der Waals surface area contributed by atoms with Gasteiger partial charge in [-0.05, 0) is 100 Å². The molecule has 2 heteroatoms. The molecule has 0 spiro atoms. The van der Waals surface area contributed by atoms with Crippen LogP contribution in [0.25, 0.3) is 0 Å². The molecule has 3 aliphatic carbocycles. The number of esters is 1. The zero-order valence-electron chi connectivity index (χ0n) is 23.0. The van der Waals surface area contributed by atoms with Gasteiger partial charge in [-0.2, -0.15) is 0 Å². The highest BCUT2D eigenvalue weighted by Crippen LogP contribution is 2.46. The van der Waals surface area contributed by atoms with Crippen molar-refractivity contribution in [2.45, 2.75) is 168 Å². The van der Waals surface area contributed by atoms with Crippen LogP contribution in [0.3, 0.4) is 0 Å². The smallest absolute Gasteiger partial charge is 0.306 e. The van der Waals surface area contributed by atoms with Crippen LogP contribution in [0, 0.1) is 29.6 Å². The van der Waals surface area contributed by atoms with Crippen molar-refractivity contribution in [2.24, 2.45) is 29.6 Å². The van der Waals surface area contributed by atoms with Crippen LogP contribution in [0.1, 0.15) is 162 Å². The minimum absolute atomic E-state index is 0.0659. The number of carbonyl (C=O) groups is 1. The van der Waals surface area contributed by atoms with Gasteiger partial charge < -0.3 is 4.74 Å². The molecule has 3 rings (SSSR count). The first-order valence-corrected chi connectivity index (χ1v) is 15.9. The first-order chi connectivity index (χ1) is 16.7. The third-order valence-electron chi connectivity index (χ3n) is 10.0. The van der Waals surface area contributed by atoms with Gasteiger partial charge in [0.2, 0.25) is 0 Å². The van der Waals surface area contributed by atoms with Gasteiger partial charge in [0.05, 0.1) is 0 Å². The Morgan fingerprint density at radius 3 is 1.53 bits per heavy atom. The lowest BCUT2D eigenvalue weighted by Gasteiger charge is -2.41. The van der Waals surface area contributed by atoms with Gasteiger partial charge in [0.25, 0.3) is 0 Å². The molecule has 0 bridgehead atoms. The van der Waals surface area contributed by atoms with Crippen molar-refractivity contribution < 1.29 is 9.53 Å². The molecule has 198 valence electrons. The molecule has 3 aliphatic rings. The molecule has 0 aromatic heterocycles. The van der Waals surface area contributed by atoms with Gasteiger partial charge in [-0.15, -0.1) is 0 Å². The van der Waals surface area contributed by atoms with Crippen LogP contribution in [-0.2, 0) is 9.53 Å². The van der Waals surface area contributed by atoms with E-state index in [1.54, 1.807) is 0 Å². The first kappa shape index (κ1) is 28.0. The molecule has 0 atom stereocenters. The van der Waals surface area contributed by atoms with Gasteiger partial charge in [0.1, 0.15) is 6.10 Å². The molecular formula is C32H58O2. The minimum atomic E-state index is 0.0659. The summed E-state index contributed by atoms with van der Waals surface area (Å²) in [6.07, 6.45) is 31.0. The zero-order valence-corrected chi connectivity index (χ0v) is 23.0. The van der Waals surface area contributed by atoms with E-state index in [1.165, 1.54) is 122 Å². The van der Waals surface area contributed by atoms with Gasteiger partial charge in [-0.3, -0.25) is 4.79 Å². The maximum absolute atomic E-state index is 12.2. The Balaban J connectivity index is 1.24. The summed E-state index contributed by atoms with van der Waals surface area (Å²) in [7, 11) is 0. The van der Waals surface area contributed by atoms with E-state index < -0.39 is 0 Å². The normalized spacial score (nSPS) is 32.4. The summed E-state index contributed by atoms with van der Waals surface area (Å²) >= 11 is 0. The molecule has 2 nitrogen and oxygen atoms in total. The molecule has 0 heterocycles. The summed E-state index contributed by atoms with van der Waals surface area (Å²) in [6, 6.07) is 0. The van der Waals surface area contributed by atoms with E-state index in [1.807, 2.05) is 0 Å². The fourth-order valence-corrected chi connectivity index (χ4v) is 7.69. The molecule has 3 saturated carbocycles. The van der Waals surface area contributed by atoms with Crippen molar-refractivity contribution in [1.82, 2.24) is 0 Å². The predicted molar refractivity (Wildman–Crippen MR) is 145 cm³/mol. The summed E-state index contributed by atoms with van der Waals surface area (Å²) in [5, 5.41) is 0. The predicted octanol–water partition coefficient (Wildman–Crippen LogP) is 10.0. The van der Waals surface area contributed by atoms with Gasteiger partial charge in [-0.25, -0.2) is 0 Å². The highest BCUT2D eigenvalue weighted by Gasteiger charge is 2.35. The first-order valence-electron chi connectivity index (χ1n) is 15.9. The monoisotopic (exact) mass is 474 g/mol. The third-order valence-corrected chi connectivity index (χ3v) is 10.0. The minimum Gasteiger partial charge on any atom is -0.462 e. The fourth-order valence-electron chi connectivity index (χ4n) is 7.69. The quantitative estimate of drug-likeness (QED) is 0.185. The Kier molecular flexibility index (Phi) is 13.4. The Hall–Kier alpha value is -0.530. The van der Waals surface area contributed by atoms with Crippen LogP contribution < -0.4 is 0 Å². The van der Waals surface area contributed by atoms with Crippen molar-refractivity contribution in [3.8, 4) is 0 Å². The Bertz CT molecular complexity index is 519. The number of hydrogen-bond acceptors (Lipinski definition) is 2. The summed E-state index contributed by atoms with van der Waals surface area (Å²) in [5.41, 5.74) is 0. The standard InChI is InChI=1S/C32H58O2/c1-3-5-7-9-11-13-32(33)34-31-24-22-30(23-25-31)29-20-18-28(19-21-29)27-16-14-26(15-17-27)12-10-8-6-4-2/h26-31H,3-25H2,1-2H3/t26-,27-,28-,29-,30-,31-. The average Bonchev–Trinajstić information content (AvgIpc) is 2.87. The summed E-state index contributed by atoms with van der Waals surface area (Å²) < 4.78 is 5.84. The lowest BCUT2D eigenvalue weighted by Crippen LogP contribution is -2.31. The molecule has 34 heavy (non-hydrogen) atoms. The Morgan fingerprint density at radius 2 is 1.00 bits per heavy atom. The van der Waals surface area contributed by atoms with Crippen LogP contribution in [-0.4, -0.2) is 12.1 Å². The number of unbranched alkanes of at least 4 members (excludes halogenated alkanes) is 7. The SMILES string of the molecule is CCCCCCCC(=O)O[C@H]1CC[C@H]([C@H]2CC[C@H]([C@H]3CC[C@H](CCCCCC)CC3)CC2)CC1. The lowest BCUT2D eigenvalue weighted by molar-refractivity contribution is -0.151. The summed E-state index contributed by atoms with van der Waals surface area (Å²) in [6.45, 7) is 4.55. The second kappa shape index (κ2) is 16.3. The molecular weight excluding hydrogens is 416 g/mol. The molecule has 0 unspecified atom stereocenters. The fraction of sp³-hybridized carbons (Fsp3) is 0.969. The Labute approximate surface area is 212 Å². The van der Waals surface area contributed by atoms with Gasteiger partial charge in [0.15, 0.2) is 0 Å². The maximum atomic E-state index is 12.2. The van der Waals surface area contributed by atoms with Crippen molar-refractivity contribution in [2.75, 3.05) is 0 Å². The maximum Gasteiger partial charge on any atom is 0.306 e. The number of carbonyl (C=O) groups excluding carboxylic acids is 1. The van der Waals surface area contributed by atoms with Crippen LogP contribution >= 0.6 is 0 Å². The van der Waals surface area contributed by atoms with Crippen molar-refractivity contribution in [3.05, 3.63) is 0 Å². The molecule has 0 aromatic rings. The van der Waals surface area contributed by atoms with Gasteiger partial charge in [-0.1, -0.05) is 84.5 Å². The van der Waals surface area contributed by atoms with Crippen LogP contribution in [0.2, 0.25) is 0 Å². The molecule has 0 radical (unpaired) electrons. The van der Waals surface area contributed by atoms with E-state index in [9.17, 15) is 4.79 Å². The highest BCUT2D eigenvalue weighted by atomic mass is 16.5. The average molecular weight is 475 g/mol. The Morgan fingerprint density at radius 1 is 0.559 bits per heavy atom. The molecule has 0 aliphatic heterocycles. The second-order valence-electron chi connectivity index (χ2n) is 12.5. The van der Waals surface area contributed by atoms with Crippen LogP contribution in [0.4, 0.5) is 0 Å². The highest BCUT2D eigenvalue weighted by molar-refractivity contribution is 5.69. The van der Waals surface area contributed by atoms with Crippen LogP contribution in [0.15, 0.2) is 0 Å². The van der Waals surface area contributed by atoms with E-state index in [4.69, 9.17) is 4.74 Å². The van der Waals surface area contributed by atoms with E-state index in [0.29, 0.717) is 6.42 Å². The lowest BCUT2D eigenvalue weighted by atomic mass is 9.65. The van der Waals surface area contributed by atoms with Crippen molar-refractivity contribution in [3.63, 3.8) is 0 Å². The van der Waals surface area contributed by atoms with Gasteiger partial charge in [0, 0.05) is 6.42 Å². The van der Waals surface area contributed by atoms with E-state index in [-0.39, 0.29) is 12.1 Å². The largest absolute Gasteiger partial charge is 0.462 e. The molecule has 0 N–H and O–H groups in total. The molecule has 0 saturated heterocycles. The number of hydrogen-bond donors (Lipinski definition) is 0. The number of rotatable bonds is 14. The summed E-state index contributed by atoms with van der Waals surface area (Å²) in [4.78, 5) is 12.2. The van der Waals surface area contributed by atoms with Gasteiger partial charge >= 0.3 is 5.97 Å². The third kappa shape index (κ3) is 9.85. The second-order valence-corrected chi connectivity index (χ2v) is 12.5. The number of ether oxygens (including phenoxy) is 1. The zero-order chi connectivity index (χ0) is 24.0. The molecule has 3 fully saturated rings. The van der Waals surface area contributed by atoms with E-state index in [0.717, 1.165) is 48.9 Å².